The minimum atomic E-state index is 0.415. The molecule has 0 aromatic carbocycles. The van der Waals surface area contributed by atoms with Gasteiger partial charge in [0.2, 0.25) is 0 Å². The summed E-state index contributed by atoms with van der Waals surface area (Å²) < 4.78 is 5.36. The molecule has 0 atom stereocenters. The van der Waals surface area contributed by atoms with Crippen LogP contribution in [0.3, 0.4) is 0 Å². The van der Waals surface area contributed by atoms with Crippen LogP contribution < -0.4 is 0 Å². The molecule has 3 heteroatoms. The van der Waals surface area contributed by atoms with Crippen LogP contribution in [-0.2, 0) is 9.53 Å². The van der Waals surface area contributed by atoms with Crippen LogP contribution in [0, 0.1) is 0 Å². The third kappa shape index (κ3) is 9.56. The molecule has 0 saturated carbocycles. The number of hydrogen-bond acceptors (Lipinski definition) is 3. The number of hydrogen-bond donors (Lipinski definition) is 0. The van der Waals surface area contributed by atoms with Gasteiger partial charge in [-0.25, -0.2) is 0 Å². The normalized spacial score (nSPS) is 11.3. The quantitative estimate of drug-likeness (QED) is 0.249. The molecule has 0 spiro atoms. The highest BCUT2D eigenvalue weighted by molar-refractivity contribution is 5.69. The van der Waals surface area contributed by atoms with E-state index in [-0.39, 0.29) is 0 Å². The van der Waals surface area contributed by atoms with E-state index >= 15 is 0 Å². The standard InChI is InChI=1S/C13H25NO2/c1-4-5-6-7-8-9-10-16-13(12-15)11-14(2)3/h11-12H,4-10H2,1-3H3/b13-11-. The van der Waals surface area contributed by atoms with E-state index in [4.69, 9.17) is 4.74 Å². The highest BCUT2D eigenvalue weighted by Gasteiger charge is 1.97. The second kappa shape index (κ2) is 10.5. The van der Waals surface area contributed by atoms with Crippen LogP contribution in [0.2, 0.25) is 0 Å². The van der Waals surface area contributed by atoms with Crippen molar-refractivity contribution in [2.45, 2.75) is 45.4 Å². The average molecular weight is 227 g/mol. The molecule has 0 bridgehead atoms. The number of rotatable bonds is 10. The maximum absolute atomic E-state index is 10.6. The first-order chi connectivity index (χ1) is 7.70. The average Bonchev–Trinajstić information content (AvgIpc) is 2.25. The van der Waals surface area contributed by atoms with Gasteiger partial charge >= 0.3 is 0 Å². The fourth-order valence-corrected chi connectivity index (χ4v) is 1.43. The second-order valence-corrected chi connectivity index (χ2v) is 4.23. The molecule has 0 aromatic rings. The van der Waals surface area contributed by atoms with Gasteiger partial charge in [-0.2, -0.15) is 0 Å². The van der Waals surface area contributed by atoms with E-state index in [0.29, 0.717) is 12.4 Å². The monoisotopic (exact) mass is 227 g/mol. The third-order valence-corrected chi connectivity index (χ3v) is 2.27. The van der Waals surface area contributed by atoms with Gasteiger partial charge in [-0.15, -0.1) is 0 Å². The Balaban J connectivity index is 3.45. The molecular weight excluding hydrogens is 202 g/mol. The molecule has 0 unspecified atom stereocenters. The van der Waals surface area contributed by atoms with Gasteiger partial charge in [0.25, 0.3) is 0 Å². The summed E-state index contributed by atoms with van der Waals surface area (Å²) in [6.07, 6.45) is 9.85. The minimum Gasteiger partial charge on any atom is -0.489 e. The second-order valence-electron chi connectivity index (χ2n) is 4.23. The van der Waals surface area contributed by atoms with Gasteiger partial charge in [0, 0.05) is 20.3 Å². The zero-order chi connectivity index (χ0) is 12.2. The Kier molecular flexibility index (Phi) is 9.87. The van der Waals surface area contributed by atoms with Crippen LogP contribution in [0.1, 0.15) is 45.4 Å². The Labute approximate surface area is 99.5 Å². The SMILES string of the molecule is CCCCCCCCO/C(C=O)=C\N(C)C. The van der Waals surface area contributed by atoms with Crippen LogP contribution in [-0.4, -0.2) is 31.9 Å². The Hall–Kier alpha value is -0.990. The summed E-state index contributed by atoms with van der Waals surface area (Å²) in [6.45, 7) is 2.86. The summed E-state index contributed by atoms with van der Waals surface area (Å²) in [5.41, 5.74) is 0. The van der Waals surface area contributed by atoms with E-state index in [0.717, 1.165) is 12.7 Å². The lowest BCUT2D eigenvalue weighted by Gasteiger charge is -2.09. The van der Waals surface area contributed by atoms with Gasteiger partial charge in [-0.05, 0) is 6.42 Å². The number of carbonyl (C=O) groups is 1. The van der Waals surface area contributed by atoms with Crippen LogP contribution in [0.25, 0.3) is 0 Å². The van der Waals surface area contributed by atoms with Gasteiger partial charge in [-0.1, -0.05) is 39.0 Å². The number of unbranched alkanes of at least 4 members (excludes halogenated alkanes) is 5. The van der Waals surface area contributed by atoms with Gasteiger partial charge in [-0.3, -0.25) is 4.79 Å². The Morgan fingerprint density at radius 1 is 1.12 bits per heavy atom. The van der Waals surface area contributed by atoms with Crippen LogP contribution in [0.15, 0.2) is 12.0 Å². The molecule has 3 nitrogen and oxygen atoms in total. The van der Waals surface area contributed by atoms with Crippen LogP contribution in [0.5, 0.6) is 0 Å². The highest BCUT2D eigenvalue weighted by Crippen LogP contribution is 2.06. The molecule has 0 N–H and O–H groups in total. The number of ether oxygens (including phenoxy) is 1. The van der Waals surface area contributed by atoms with Gasteiger partial charge in [0.05, 0.1) is 6.61 Å². The van der Waals surface area contributed by atoms with Crippen molar-refractivity contribution in [1.82, 2.24) is 4.90 Å². The van der Waals surface area contributed by atoms with Gasteiger partial charge < -0.3 is 9.64 Å². The van der Waals surface area contributed by atoms with E-state index in [1.807, 2.05) is 19.0 Å². The predicted octanol–water partition coefficient (Wildman–Crippen LogP) is 2.97. The minimum absolute atomic E-state index is 0.415. The molecule has 94 valence electrons. The van der Waals surface area contributed by atoms with Crippen molar-refractivity contribution in [2.24, 2.45) is 0 Å². The van der Waals surface area contributed by atoms with Crippen molar-refractivity contribution in [1.29, 1.82) is 0 Å². The van der Waals surface area contributed by atoms with Crippen molar-refractivity contribution in [3.8, 4) is 0 Å². The first-order valence-electron chi connectivity index (χ1n) is 6.17. The molecule has 0 rings (SSSR count). The Morgan fingerprint density at radius 3 is 2.31 bits per heavy atom. The first kappa shape index (κ1) is 15.0. The molecule has 16 heavy (non-hydrogen) atoms. The van der Waals surface area contributed by atoms with E-state index in [2.05, 4.69) is 6.92 Å². The van der Waals surface area contributed by atoms with Crippen LogP contribution in [0.4, 0.5) is 0 Å². The summed E-state index contributed by atoms with van der Waals surface area (Å²) in [4.78, 5) is 12.4. The fourth-order valence-electron chi connectivity index (χ4n) is 1.43. The third-order valence-electron chi connectivity index (χ3n) is 2.27. The molecule has 0 aliphatic rings. The molecule has 0 fully saturated rings. The van der Waals surface area contributed by atoms with E-state index in [1.54, 1.807) is 6.20 Å². The number of aldehydes is 1. The molecule has 0 aromatic heterocycles. The topological polar surface area (TPSA) is 29.5 Å². The van der Waals surface area contributed by atoms with Gasteiger partial charge in [0.15, 0.2) is 12.0 Å². The first-order valence-corrected chi connectivity index (χ1v) is 6.17. The highest BCUT2D eigenvalue weighted by atomic mass is 16.5. The number of allylic oxidation sites excluding steroid dienone is 1. The molecule has 0 radical (unpaired) electrons. The molecular formula is C13H25NO2. The molecule has 0 heterocycles. The lowest BCUT2D eigenvalue weighted by atomic mass is 10.1. The summed E-state index contributed by atoms with van der Waals surface area (Å²) >= 11 is 0. The molecule has 0 saturated heterocycles. The van der Waals surface area contributed by atoms with Crippen molar-refractivity contribution in [3.05, 3.63) is 12.0 Å². The summed E-state index contributed by atoms with van der Waals surface area (Å²) in [6, 6.07) is 0. The molecule has 0 aliphatic heterocycles. The Morgan fingerprint density at radius 2 is 1.75 bits per heavy atom. The van der Waals surface area contributed by atoms with E-state index < -0.39 is 0 Å². The fraction of sp³-hybridized carbons (Fsp3) is 0.769. The Bertz CT molecular complexity index is 200. The van der Waals surface area contributed by atoms with E-state index in [1.165, 1.54) is 32.1 Å². The number of carbonyl (C=O) groups excluding carboxylic acids is 1. The molecule has 0 amide bonds. The predicted molar refractivity (Wildman–Crippen MR) is 67.2 cm³/mol. The summed E-state index contributed by atoms with van der Waals surface area (Å²) in [5, 5.41) is 0. The largest absolute Gasteiger partial charge is 0.489 e. The zero-order valence-corrected chi connectivity index (χ0v) is 10.9. The lowest BCUT2D eigenvalue weighted by Crippen LogP contribution is -2.06. The van der Waals surface area contributed by atoms with Gasteiger partial charge in [0.1, 0.15) is 0 Å². The zero-order valence-electron chi connectivity index (χ0n) is 10.9. The van der Waals surface area contributed by atoms with Crippen molar-refractivity contribution in [2.75, 3.05) is 20.7 Å². The maximum Gasteiger partial charge on any atom is 0.186 e. The van der Waals surface area contributed by atoms with Crippen molar-refractivity contribution >= 4 is 6.29 Å². The summed E-state index contributed by atoms with van der Waals surface area (Å²) in [5.74, 6) is 0.415. The number of nitrogens with zero attached hydrogens (tertiary/aromatic N) is 1. The van der Waals surface area contributed by atoms with E-state index in [9.17, 15) is 4.79 Å². The maximum atomic E-state index is 10.6. The van der Waals surface area contributed by atoms with Crippen molar-refractivity contribution < 1.29 is 9.53 Å². The smallest absolute Gasteiger partial charge is 0.186 e. The van der Waals surface area contributed by atoms with Crippen molar-refractivity contribution in [3.63, 3.8) is 0 Å². The molecule has 0 aliphatic carbocycles. The summed E-state index contributed by atoms with van der Waals surface area (Å²) in [7, 11) is 3.75. The lowest BCUT2D eigenvalue weighted by molar-refractivity contribution is -0.108. The van der Waals surface area contributed by atoms with Crippen LogP contribution >= 0.6 is 0 Å².